The lowest BCUT2D eigenvalue weighted by Crippen LogP contribution is -2.43. The van der Waals surface area contributed by atoms with Gasteiger partial charge < -0.3 is 14.5 Å². The van der Waals surface area contributed by atoms with E-state index in [4.69, 9.17) is 9.15 Å². The third-order valence-electron chi connectivity index (χ3n) is 4.62. The van der Waals surface area contributed by atoms with Gasteiger partial charge in [0.1, 0.15) is 11.5 Å². The molecule has 0 aliphatic carbocycles. The normalized spacial score (nSPS) is 16.6. The third kappa shape index (κ3) is 4.50. The van der Waals surface area contributed by atoms with Crippen molar-refractivity contribution in [3.05, 3.63) is 58.5 Å². The first kappa shape index (κ1) is 17.7. The smallest absolute Gasteiger partial charge is 0.255 e. The Kier molecular flexibility index (Phi) is 5.56. The van der Waals surface area contributed by atoms with Gasteiger partial charge in [0.15, 0.2) is 0 Å². The Hall–Kier alpha value is -2.11. The summed E-state index contributed by atoms with van der Waals surface area (Å²) < 4.78 is 10.9. The molecule has 1 aromatic carbocycles. The van der Waals surface area contributed by atoms with E-state index in [9.17, 15) is 4.79 Å². The molecule has 1 aromatic heterocycles. The molecule has 5 nitrogen and oxygen atoms in total. The van der Waals surface area contributed by atoms with Crippen LogP contribution in [0.1, 0.15) is 39.0 Å². The molecule has 0 saturated carbocycles. The molecule has 2 heterocycles. The summed E-state index contributed by atoms with van der Waals surface area (Å²) in [5, 5.41) is 3.19. The second-order valence-electron chi connectivity index (χ2n) is 6.68. The second-order valence-corrected chi connectivity index (χ2v) is 6.68. The number of morpholine rings is 1. The summed E-state index contributed by atoms with van der Waals surface area (Å²) in [6.45, 7) is 9.79. The van der Waals surface area contributed by atoms with Crippen LogP contribution in [0.2, 0.25) is 0 Å². The molecular weight excluding hydrogens is 316 g/mol. The Morgan fingerprint density at radius 2 is 1.84 bits per heavy atom. The molecule has 2 aromatic rings. The van der Waals surface area contributed by atoms with Gasteiger partial charge in [-0.3, -0.25) is 9.69 Å². The van der Waals surface area contributed by atoms with E-state index in [-0.39, 0.29) is 11.9 Å². The number of hydrogen-bond acceptors (Lipinski definition) is 4. The average molecular weight is 342 g/mol. The second kappa shape index (κ2) is 7.85. The van der Waals surface area contributed by atoms with Crippen molar-refractivity contribution in [2.75, 3.05) is 32.8 Å². The van der Waals surface area contributed by atoms with Crippen LogP contribution < -0.4 is 5.32 Å². The molecule has 0 spiro atoms. The van der Waals surface area contributed by atoms with Gasteiger partial charge in [-0.2, -0.15) is 0 Å². The molecule has 1 aliphatic rings. The molecule has 0 bridgehead atoms. The minimum absolute atomic E-state index is 0.0687. The largest absolute Gasteiger partial charge is 0.466 e. The highest BCUT2D eigenvalue weighted by Gasteiger charge is 2.22. The van der Waals surface area contributed by atoms with E-state index in [1.165, 1.54) is 5.56 Å². The zero-order chi connectivity index (χ0) is 17.8. The summed E-state index contributed by atoms with van der Waals surface area (Å²) in [4.78, 5) is 15.1. The van der Waals surface area contributed by atoms with Gasteiger partial charge in [-0.1, -0.05) is 29.8 Å². The first-order chi connectivity index (χ1) is 12.0. The molecule has 1 N–H and O–H groups in total. The number of carbonyl (C=O) groups excluding carboxylic acids is 1. The summed E-state index contributed by atoms with van der Waals surface area (Å²) in [5.41, 5.74) is 2.93. The number of aryl methyl sites for hydroxylation is 3. The molecular formula is C20H26N2O3. The van der Waals surface area contributed by atoms with Crippen LogP contribution in [0.4, 0.5) is 0 Å². The Labute approximate surface area is 149 Å². The number of nitrogens with one attached hydrogen (secondary N) is 1. The van der Waals surface area contributed by atoms with Crippen LogP contribution in [0.15, 0.2) is 34.7 Å². The van der Waals surface area contributed by atoms with Gasteiger partial charge in [-0.15, -0.1) is 0 Å². The van der Waals surface area contributed by atoms with Crippen LogP contribution in [-0.2, 0) is 4.74 Å². The zero-order valence-electron chi connectivity index (χ0n) is 15.2. The first-order valence-electron chi connectivity index (χ1n) is 8.77. The molecule has 3 rings (SSSR count). The van der Waals surface area contributed by atoms with E-state index in [0.717, 1.165) is 44.2 Å². The fourth-order valence-electron chi connectivity index (χ4n) is 3.17. The Morgan fingerprint density at radius 3 is 2.44 bits per heavy atom. The van der Waals surface area contributed by atoms with Crippen LogP contribution in [-0.4, -0.2) is 43.7 Å². The standard InChI is InChI=1S/C20H26N2O3/c1-14-4-6-17(7-5-14)19(13-22-8-10-24-11-9-22)21-20(23)18-12-15(2)25-16(18)3/h4-7,12,19H,8-11,13H2,1-3H3,(H,21,23). The maximum Gasteiger partial charge on any atom is 0.255 e. The molecule has 1 saturated heterocycles. The van der Waals surface area contributed by atoms with Gasteiger partial charge in [-0.05, 0) is 32.4 Å². The summed E-state index contributed by atoms with van der Waals surface area (Å²) in [7, 11) is 0. The number of rotatable bonds is 5. The Morgan fingerprint density at radius 1 is 1.16 bits per heavy atom. The van der Waals surface area contributed by atoms with E-state index in [1.807, 2.05) is 13.8 Å². The Balaban J connectivity index is 1.78. The van der Waals surface area contributed by atoms with Gasteiger partial charge in [0, 0.05) is 19.6 Å². The summed E-state index contributed by atoms with van der Waals surface area (Å²) in [6.07, 6.45) is 0. The molecule has 1 unspecified atom stereocenters. The molecule has 1 atom stereocenters. The van der Waals surface area contributed by atoms with E-state index in [1.54, 1.807) is 6.07 Å². The van der Waals surface area contributed by atoms with E-state index in [2.05, 4.69) is 41.4 Å². The number of hydrogen-bond donors (Lipinski definition) is 1. The molecule has 5 heteroatoms. The number of furan rings is 1. The summed E-state index contributed by atoms with van der Waals surface area (Å²) in [5.74, 6) is 1.32. The van der Waals surface area contributed by atoms with Crippen LogP contribution >= 0.6 is 0 Å². The molecule has 25 heavy (non-hydrogen) atoms. The van der Waals surface area contributed by atoms with E-state index in [0.29, 0.717) is 11.3 Å². The third-order valence-corrected chi connectivity index (χ3v) is 4.62. The van der Waals surface area contributed by atoms with Gasteiger partial charge in [-0.25, -0.2) is 0 Å². The van der Waals surface area contributed by atoms with Crippen molar-refractivity contribution in [1.29, 1.82) is 0 Å². The average Bonchev–Trinajstić information content (AvgIpc) is 2.94. The van der Waals surface area contributed by atoms with Crippen LogP contribution in [0.25, 0.3) is 0 Å². The van der Waals surface area contributed by atoms with Crippen LogP contribution in [0.5, 0.6) is 0 Å². The number of nitrogens with zero attached hydrogens (tertiary/aromatic N) is 1. The highest BCUT2D eigenvalue weighted by Crippen LogP contribution is 2.19. The van der Waals surface area contributed by atoms with Crippen molar-refractivity contribution >= 4 is 5.91 Å². The van der Waals surface area contributed by atoms with E-state index >= 15 is 0 Å². The lowest BCUT2D eigenvalue weighted by molar-refractivity contribution is 0.0332. The first-order valence-corrected chi connectivity index (χ1v) is 8.77. The van der Waals surface area contributed by atoms with Gasteiger partial charge in [0.25, 0.3) is 5.91 Å². The van der Waals surface area contributed by atoms with Crippen molar-refractivity contribution < 1.29 is 13.9 Å². The highest BCUT2D eigenvalue weighted by molar-refractivity contribution is 5.95. The van der Waals surface area contributed by atoms with Crippen molar-refractivity contribution in [1.82, 2.24) is 10.2 Å². The lowest BCUT2D eigenvalue weighted by atomic mass is 10.0. The van der Waals surface area contributed by atoms with Crippen LogP contribution in [0.3, 0.4) is 0 Å². The van der Waals surface area contributed by atoms with Gasteiger partial charge in [0.2, 0.25) is 0 Å². The lowest BCUT2D eigenvalue weighted by Gasteiger charge is -2.31. The van der Waals surface area contributed by atoms with Crippen LogP contribution in [0, 0.1) is 20.8 Å². The maximum absolute atomic E-state index is 12.8. The SMILES string of the molecule is Cc1ccc(C(CN2CCOCC2)NC(=O)c2cc(C)oc2C)cc1. The minimum Gasteiger partial charge on any atom is -0.466 e. The van der Waals surface area contributed by atoms with Gasteiger partial charge >= 0.3 is 0 Å². The fourth-order valence-corrected chi connectivity index (χ4v) is 3.17. The molecule has 0 radical (unpaired) electrons. The minimum atomic E-state index is -0.0896. The van der Waals surface area contributed by atoms with Gasteiger partial charge in [0.05, 0.1) is 24.8 Å². The fraction of sp³-hybridized carbons (Fsp3) is 0.450. The number of amides is 1. The number of carbonyl (C=O) groups is 1. The predicted molar refractivity (Wildman–Crippen MR) is 96.8 cm³/mol. The summed E-state index contributed by atoms with van der Waals surface area (Å²) >= 11 is 0. The molecule has 134 valence electrons. The summed E-state index contributed by atoms with van der Waals surface area (Å²) in [6, 6.07) is 10.1. The maximum atomic E-state index is 12.8. The Bertz CT molecular complexity index is 715. The predicted octanol–water partition coefficient (Wildman–Crippen LogP) is 3.01. The highest BCUT2D eigenvalue weighted by atomic mass is 16.5. The quantitative estimate of drug-likeness (QED) is 0.907. The van der Waals surface area contributed by atoms with Crippen molar-refractivity contribution in [3.63, 3.8) is 0 Å². The molecule has 1 fully saturated rings. The topological polar surface area (TPSA) is 54.7 Å². The van der Waals surface area contributed by atoms with Crippen molar-refractivity contribution in [2.45, 2.75) is 26.8 Å². The number of benzene rings is 1. The monoisotopic (exact) mass is 342 g/mol. The molecule has 1 amide bonds. The molecule has 1 aliphatic heterocycles. The number of ether oxygens (including phenoxy) is 1. The van der Waals surface area contributed by atoms with Crippen molar-refractivity contribution in [3.8, 4) is 0 Å². The zero-order valence-corrected chi connectivity index (χ0v) is 15.2. The van der Waals surface area contributed by atoms with Crippen molar-refractivity contribution in [2.24, 2.45) is 0 Å². The van der Waals surface area contributed by atoms with E-state index < -0.39 is 0 Å².